The summed E-state index contributed by atoms with van der Waals surface area (Å²) in [5.74, 6) is 0.0219. The van der Waals surface area contributed by atoms with E-state index in [9.17, 15) is 4.79 Å². The van der Waals surface area contributed by atoms with Crippen molar-refractivity contribution in [1.82, 2.24) is 0 Å². The Kier molecular flexibility index (Phi) is 2.95. The third-order valence-corrected chi connectivity index (χ3v) is 1.79. The molecule has 3 nitrogen and oxygen atoms in total. The molecule has 0 atom stereocenters. The monoisotopic (exact) mass is 174 g/mol. The predicted molar refractivity (Wildman–Crippen MR) is 55.4 cm³/mol. The average molecular weight is 174 g/mol. The second kappa shape index (κ2) is 3.98. The molecule has 0 amide bonds. The fourth-order valence-electron chi connectivity index (χ4n) is 1.06. The molecule has 1 aromatic rings. The fraction of sp³-hybridized carbons (Fsp3) is 0.222. The van der Waals surface area contributed by atoms with E-state index in [0.717, 1.165) is 11.4 Å². The van der Waals surface area contributed by atoms with E-state index in [-0.39, 0.29) is 5.78 Å². The molecule has 0 saturated heterocycles. The number of carbonyl (C=O) groups is 1. The van der Waals surface area contributed by atoms with Crippen LogP contribution in [0.3, 0.4) is 0 Å². The highest BCUT2D eigenvalue weighted by Crippen LogP contribution is 2.18. The van der Waals surface area contributed by atoms with E-state index in [1.807, 2.05) is 6.07 Å². The van der Waals surface area contributed by atoms with Gasteiger partial charge in [0.25, 0.3) is 0 Å². The van der Waals surface area contributed by atoms with Gasteiger partial charge in [0.15, 0.2) is 5.78 Å². The van der Waals surface area contributed by atoms with Crippen LogP contribution < -0.4 is 10.5 Å². The van der Waals surface area contributed by atoms with Crippen molar-refractivity contribution in [3.05, 3.63) is 23.8 Å². The maximum Gasteiger partial charge on any atom is 0.222 e. The second-order valence-corrected chi connectivity index (χ2v) is 2.75. The largest absolute Gasteiger partial charge is 0.437 e. The first-order chi connectivity index (χ1) is 6.17. The lowest BCUT2D eigenvalue weighted by Gasteiger charge is -2.07. The molecule has 0 aliphatic carbocycles. The molecule has 0 aliphatic heterocycles. The summed E-state index contributed by atoms with van der Waals surface area (Å²) in [6, 6.07) is 5.32. The molecule has 4 heteroatoms. The summed E-state index contributed by atoms with van der Waals surface area (Å²) < 4.78 is 0. The van der Waals surface area contributed by atoms with Gasteiger partial charge >= 0.3 is 0 Å². The summed E-state index contributed by atoms with van der Waals surface area (Å²) in [5.41, 5.74) is 2.22. The lowest BCUT2D eigenvalue weighted by Crippen LogP contribution is -1.99. The van der Waals surface area contributed by atoms with Crippen LogP contribution in [-0.2, 0) is 0 Å². The lowest BCUT2D eigenvalue weighted by molar-refractivity contribution is 0.101. The van der Waals surface area contributed by atoms with Gasteiger partial charge in [0, 0.05) is 24.0 Å². The summed E-state index contributed by atoms with van der Waals surface area (Å²) in [4.78, 5) is 11.1. The molecule has 1 rings (SSSR count). The van der Waals surface area contributed by atoms with Crippen molar-refractivity contribution in [2.24, 2.45) is 0 Å². The van der Waals surface area contributed by atoms with Gasteiger partial charge in [0.2, 0.25) is 7.98 Å². The molecule has 0 unspecified atom stereocenters. The highest BCUT2D eigenvalue weighted by Gasteiger charge is 2.02. The van der Waals surface area contributed by atoms with Crippen LogP contribution in [0, 0.1) is 0 Å². The molecule has 1 aromatic carbocycles. The lowest BCUT2D eigenvalue weighted by atomic mass is 10.1. The first-order valence-electron chi connectivity index (χ1n) is 3.97. The van der Waals surface area contributed by atoms with Crippen molar-refractivity contribution in [2.75, 3.05) is 17.6 Å². The van der Waals surface area contributed by atoms with Crippen LogP contribution >= 0.6 is 0 Å². The van der Waals surface area contributed by atoms with Crippen molar-refractivity contribution in [1.29, 1.82) is 0 Å². The van der Waals surface area contributed by atoms with Crippen LogP contribution in [0.2, 0.25) is 0 Å². The van der Waals surface area contributed by atoms with Crippen molar-refractivity contribution in [3.63, 3.8) is 0 Å². The minimum Gasteiger partial charge on any atom is -0.437 e. The Balaban J connectivity index is 3.14. The van der Waals surface area contributed by atoms with E-state index in [1.54, 1.807) is 19.2 Å². The number of carbonyl (C=O) groups excluding carboxylic acids is 1. The molecule has 0 bridgehead atoms. The van der Waals surface area contributed by atoms with Gasteiger partial charge < -0.3 is 10.5 Å². The smallest absolute Gasteiger partial charge is 0.222 e. The predicted octanol–water partition coefficient (Wildman–Crippen LogP) is 1.43. The minimum atomic E-state index is 0.0219. The molecular weight excluding hydrogens is 163 g/mol. The number of nitrogens with one attached hydrogen (secondary N) is 2. The maximum atomic E-state index is 11.1. The van der Waals surface area contributed by atoms with Crippen LogP contribution in [0.25, 0.3) is 0 Å². The summed E-state index contributed by atoms with van der Waals surface area (Å²) in [6.45, 7) is 1.52. The molecular formula is C9H11BN2O. The van der Waals surface area contributed by atoms with Gasteiger partial charge in [-0.15, -0.1) is 0 Å². The van der Waals surface area contributed by atoms with Crippen LogP contribution in [0.5, 0.6) is 0 Å². The zero-order valence-corrected chi connectivity index (χ0v) is 7.72. The van der Waals surface area contributed by atoms with Crippen molar-refractivity contribution in [3.8, 4) is 0 Å². The quantitative estimate of drug-likeness (QED) is 0.537. The van der Waals surface area contributed by atoms with E-state index in [2.05, 4.69) is 10.5 Å². The number of Topliss-reactive ketones (excluding diaryl/α,β-unsaturated/α-hetero) is 1. The van der Waals surface area contributed by atoms with E-state index < -0.39 is 0 Å². The molecule has 66 valence electrons. The number of hydrogen-bond donors (Lipinski definition) is 2. The molecule has 0 fully saturated rings. The Morgan fingerprint density at radius 2 is 1.92 bits per heavy atom. The van der Waals surface area contributed by atoms with E-state index >= 15 is 0 Å². The third kappa shape index (κ3) is 2.24. The summed E-state index contributed by atoms with van der Waals surface area (Å²) in [5, 5.41) is 5.45. The number of hydrogen-bond acceptors (Lipinski definition) is 3. The topological polar surface area (TPSA) is 41.1 Å². The van der Waals surface area contributed by atoms with Crippen molar-refractivity contribution >= 4 is 25.1 Å². The van der Waals surface area contributed by atoms with Crippen LogP contribution in [0.15, 0.2) is 18.2 Å². The summed E-state index contributed by atoms with van der Waals surface area (Å²) in [7, 11) is 7.04. The maximum absolute atomic E-state index is 11.1. The van der Waals surface area contributed by atoms with Gasteiger partial charge in [-0.25, -0.2) is 0 Å². The Labute approximate surface area is 79.0 Å². The highest BCUT2D eigenvalue weighted by atomic mass is 16.1. The first kappa shape index (κ1) is 9.64. The highest BCUT2D eigenvalue weighted by molar-refractivity contribution is 6.16. The van der Waals surface area contributed by atoms with Crippen molar-refractivity contribution in [2.45, 2.75) is 6.92 Å². The van der Waals surface area contributed by atoms with Gasteiger partial charge in [-0.2, -0.15) is 0 Å². The number of rotatable bonds is 3. The number of anilines is 2. The van der Waals surface area contributed by atoms with Gasteiger partial charge in [-0.05, 0) is 25.1 Å². The van der Waals surface area contributed by atoms with E-state index in [0.29, 0.717) is 5.56 Å². The average Bonchev–Trinajstić information content (AvgIpc) is 2.16. The van der Waals surface area contributed by atoms with E-state index in [4.69, 9.17) is 7.98 Å². The van der Waals surface area contributed by atoms with Crippen LogP contribution in [-0.4, -0.2) is 20.8 Å². The SMILES string of the molecule is [B]Nc1cc(NC)cc(C(C)=O)c1. The van der Waals surface area contributed by atoms with Crippen LogP contribution in [0.4, 0.5) is 11.4 Å². The molecule has 13 heavy (non-hydrogen) atoms. The number of ketones is 1. The van der Waals surface area contributed by atoms with Crippen LogP contribution in [0.1, 0.15) is 17.3 Å². The molecule has 0 saturated carbocycles. The molecule has 0 aliphatic rings. The standard InChI is InChI=1S/C9H11BN2O/c1-6(13)7-3-8(11-2)5-9(4-7)12-10/h3-5,11-12H,1-2H3. The molecule has 0 heterocycles. The zero-order valence-electron chi connectivity index (χ0n) is 7.72. The van der Waals surface area contributed by atoms with Gasteiger partial charge in [0.1, 0.15) is 0 Å². The first-order valence-corrected chi connectivity index (χ1v) is 3.97. The zero-order chi connectivity index (χ0) is 9.84. The van der Waals surface area contributed by atoms with Gasteiger partial charge in [-0.1, -0.05) is 0 Å². The molecule has 0 spiro atoms. The Bertz CT molecular complexity index is 303. The van der Waals surface area contributed by atoms with E-state index in [1.165, 1.54) is 6.92 Å². The summed E-state index contributed by atoms with van der Waals surface area (Å²) >= 11 is 0. The molecule has 2 radical (unpaired) electrons. The van der Waals surface area contributed by atoms with Gasteiger partial charge in [0.05, 0.1) is 0 Å². The fourth-order valence-corrected chi connectivity index (χ4v) is 1.06. The van der Waals surface area contributed by atoms with Gasteiger partial charge in [-0.3, -0.25) is 4.79 Å². The summed E-state index contributed by atoms with van der Waals surface area (Å²) in [6.07, 6.45) is 0. The van der Waals surface area contributed by atoms with Crippen molar-refractivity contribution < 1.29 is 4.79 Å². The minimum absolute atomic E-state index is 0.0219. The Hall–Kier alpha value is -1.45. The third-order valence-electron chi connectivity index (χ3n) is 1.79. The Morgan fingerprint density at radius 3 is 2.38 bits per heavy atom. The normalized spacial score (nSPS) is 9.38. The molecule has 2 N–H and O–H groups in total. The number of benzene rings is 1. The second-order valence-electron chi connectivity index (χ2n) is 2.75. The Morgan fingerprint density at radius 1 is 1.31 bits per heavy atom. The molecule has 0 aromatic heterocycles.